The normalized spacial score (nSPS) is 26.5. The Balaban J connectivity index is 1.75. The molecule has 0 amide bonds. The molecule has 0 aromatic heterocycles. The first kappa shape index (κ1) is 14.1. The Morgan fingerprint density at radius 2 is 1.57 bits per heavy atom. The average Bonchev–Trinajstić information content (AvgIpc) is 2.83. The molecule has 1 heterocycles. The highest BCUT2D eigenvalue weighted by Crippen LogP contribution is 2.34. The van der Waals surface area contributed by atoms with Crippen molar-refractivity contribution < 1.29 is 4.74 Å². The van der Waals surface area contributed by atoms with Crippen LogP contribution in [0.25, 0.3) is 6.08 Å². The lowest BCUT2D eigenvalue weighted by molar-refractivity contribution is 0.0412. The molecule has 1 fully saturated rings. The maximum atomic E-state index is 6.23. The predicted octanol–water partition coefficient (Wildman–Crippen LogP) is 4.12. The molecule has 0 N–H and O–H groups in total. The standard InChI is InChI=1S/C19H21NO/c1-15-19(17-11-7-4-8-12-17)21-18(20(15)2)14-13-16-9-5-3-6-10-16/h3-15,18-19H,1-2H3/b14-13+/t15-,18?,19-/m0/s1. The largest absolute Gasteiger partial charge is 0.350 e. The highest BCUT2D eigenvalue weighted by Gasteiger charge is 2.36. The van der Waals surface area contributed by atoms with E-state index in [9.17, 15) is 0 Å². The van der Waals surface area contributed by atoms with Crippen LogP contribution in [-0.2, 0) is 4.74 Å². The SMILES string of the molecule is C[C@H]1[C@@H](c2ccccc2)OC(/C=C/c2ccccc2)N1C. The van der Waals surface area contributed by atoms with Crippen LogP contribution in [-0.4, -0.2) is 24.2 Å². The Bertz CT molecular complexity index is 593. The van der Waals surface area contributed by atoms with E-state index < -0.39 is 0 Å². The first-order valence-electron chi connectivity index (χ1n) is 7.41. The fourth-order valence-electron chi connectivity index (χ4n) is 2.74. The highest BCUT2D eigenvalue weighted by molar-refractivity contribution is 5.49. The Hall–Kier alpha value is -1.90. The summed E-state index contributed by atoms with van der Waals surface area (Å²) in [6, 6.07) is 21.1. The second-order valence-electron chi connectivity index (χ2n) is 5.53. The van der Waals surface area contributed by atoms with Crippen molar-refractivity contribution in [3.8, 4) is 0 Å². The Labute approximate surface area is 126 Å². The zero-order valence-electron chi connectivity index (χ0n) is 12.5. The van der Waals surface area contributed by atoms with Gasteiger partial charge in [0.1, 0.15) is 12.3 Å². The van der Waals surface area contributed by atoms with Gasteiger partial charge in [-0.05, 0) is 31.2 Å². The van der Waals surface area contributed by atoms with Crippen molar-refractivity contribution in [2.24, 2.45) is 0 Å². The van der Waals surface area contributed by atoms with E-state index in [1.807, 2.05) is 24.3 Å². The lowest BCUT2D eigenvalue weighted by Crippen LogP contribution is -2.30. The molecular weight excluding hydrogens is 258 g/mol. The monoisotopic (exact) mass is 279 g/mol. The minimum Gasteiger partial charge on any atom is -0.350 e. The zero-order chi connectivity index (χ0) is 14.7. The number of benzene rings is 2. The topological polar surface area (TPSA) is 12.5 Å². The van der Waals surface area contributed by atoms with Crippen LogP contribution >= 0.6 is 0 Å². The van der Waals surface area contributed by atoms with Crippen LogP contribution in [0.5, 0.6) is 0 Å². The second kappa shape index (κ2) is 6.25. The van der Waals surface area contributed by atoms with Gasteiger partial charge in [0.2, 0.25) is 0 Å². The lowest BCUT2D eigenvalue weighted by Gasteiger charge is -2.19. The summed E-state index contributed by atoms with van der Waals surface area (Å²) in [5.41, 5.74) is 2.44. The summed E-state index contributed by atoms with van der Waals surface area (Å²) < 4.78 is 6.23. The van der Waals surface area contributed by atoms with Gasteiger partial charge in [-0.25, -0.2) is 0 Å². The van der Waals surface area contributed by atoms with Crippen molar-refractivity contribution in [3.05, 3.63) is 77.9 Å². The second-order valence-corrected chi connectivity index (χ2v) is 5.53. The van der Waals surface area contributed by atoms with Gasteiger partial charge in [-0.3, -0.25) is 4.90 Å². The van der Waals surface area contributed by atoms with Gasteiger partial charge in [-0.15, -0.1) is 0 Å². The summed E-state index contributed by atoms with van der Waals surface area (Å²) in [4.78, 5) is 2.27. The summed E-state index contributed by atoms with van der Waals surface area (Å²) in [6.07, 6.45) is 4.41. The Kier molecular flexibility index (Phi) is 4.18. The van der Waals surface area contributed by atoms with Crippen molar-refractivity contribution in [3.63, 3.8) is 0 Å². The fourth-order valence-corrected chi connectivity index (χ4v) is 2.74. The van der Waals surface area contributed by atoms with Gasteiger partial charge in [0, 0.05) is 6.04 Å². The van der Waals surface area contributed by atoms with Crippen molar-refractivity contribution in [1.82, 2.24) is 4.90 Å². The minimum absolute atomic E-state index is 0.0189. The number of rotatable bonds is 3. The molecule has 1 saturated heterocycles. The van der Waals surface area contributed by atoms with Crippen molar-refractivity contribution in [1.29, 1.82) is 0 Å². The summed E-state index contributed by atoms with van der Waals surface area (Å²) in [6.45, 7) is 2.22. The molecular formula is C19H21NO. The molecule has 3 atom stereocenters. The Morgan fingerprint density at radius 3 is 2.24 bits per heavy atom. The molecule has 3 rings (SSSR count). The van der Waals surface area contributed by atoms with Gasteiger partial charge in [0.25, 0.3) is 0 Å². The third kappa shape index (κ3) is 3.07. The summed E-state index contributed by atoms with van der Waals surface area (Å²) >= 11 is 0. The van der Waals surface area contributed by atoms with Crippen LogP contribution in [0, 0.1) is 0 Å². The number of nitrogens with zero attached hydrogens (tertiary/aromatic N) is 1. The number of likely N-dealkylation sites (N-methyl/N-ethyl adjacent to an activating group) is 1. The molecule has 2 heteroatoms. The van der Waals surface area contributed by atoms with E-state index in [2.05, 4.69) is 67.4 Å². The average molecular weight is 279 g/mol. The highest BCUT2D eigenvalue weighted by atomic mass is 16.5. The molecule has 21 heavy (non-hydrogen) atoms. The molecule has 0 bridgehead atoms. The van der Waals surface area contributed by atoms with Gasteiger partial charge in [0.05, 0.1) is 0 Å². The van der Waals surface area contributed by atoms with E-state index in [0.29, 0.717) is 6.04 Å². The molecule has 0 aliphatic carbocycles. The molecule has 1 aliphatic rings. The third-order valence-corrected chi connectivity index (χ3v) is 4.15. The molecule has 0 spiro atoms. The van der Waals surface area contributed by atoms with Gasteiger partial charge in [-0.1, -0.05) is 66.7 Å². The summed E-state index contributed by atoms with van der Waals surface area (Å²) in [5.74, 6) is 0. The summed E-state index contributed by atoms with van der Waals surface area (Å²) in [7, 11) is 2.12. The number of ether oxygens (including phenoxy) is 1. The first-order chi connectivity index (χ1) is 10.3. The van der Waals surface area contributed by atoms with Gasteiger partial charge in [-0.2, -0.15) is 0 Å². The quantitative estimate of drug-likeness (QED) is 0.838. The molecule has 1 aliphatic heterocycles. The van der Waals surface area contributed by atoms with Crippen molar-refractivity contribution in [2.75, 3.05) is 7.05 Å². The van der Waals surface area contributed by atoms with Gasteiger partial charge >= 0.3 is 0 Å². The van der Waals surface area contributed by atoms with Crippen LogP contribution in [0.3, 0.4) is 0 Å². The van der Waals surface area contributed by atoms with E-state index in [1.54, 1.807) is 0 Å². The lowest BCUT2D eigenvalue weighted by atomic mass is 10.0. The molecule has 0 saturated carbocycles. The molecule has 2 nitrogen and oxygen atoms in total. The molecule has 2 aromatic rings. The van der Waals surface area contributed by atoms with E-state index >= 15 is 0 Å². The Morgan fingerprint density at radius 1 is 0.952 bits per heavy atom. The number of hydrogen-bond donors (Lipinski definition) is 0. The van der Waals surface area contributed by atoms with Crippen molar-refractivity contribution in [2.45, 2.75) is 25.3 Å². The van der Waals surface area contributed by atoms with Gasteiger partial charge < -0.3 is 4.74 Å². The first-order valence-corrected chi connectivity index (χ1v) is 7.41. The van der Waals surface area contributed by atoms with E-state index in [-0.39, 0.29) is 12.3 Å². The maximum absolute atomic E-state index is 6.23. The van der Waals surface area contributed by atoms with E-state index in [0.717, 1.165) is 0 Å². The third-order valence-electron chi connectivity index (χ3n) is 4.15. The molecule has 2 aromatic carbocycles. The number of hydrogen-bond acceptors (Lipinski definition) is 2. The van der Waals surface area contributed by atoms with E-state index in [1.165, 1.54) is 11.1 Å². The van der Waals surface area contributed by atoms with Crippen molar-refractivity contribution >= 4 is 6.08 Å². The summed E-state index contributed by atoms with van der Waals surface area (Å²) in [5, 5.41) is 0. The zero-order valence-corrected chi connectivity index (χ0v) is 12.5. The van der Waals surface area contributed by atoms with Crippen LogP contribution in [0.4, 0.5) is 0 Å². The van der Waals surface area contributed by atoms with Crippen LogP contribution < -0.4 is 0 Å². The smallest absolute Gasteiger partial charge is 0.131 e. The molecule has 1 unspecified atom stereocenters. The van der Waals surface area contributed by atoms with Crippen LogP contribution in [0.2, 0.25) is 0 Å². The minimum atomic E-state index is 0.0189. The fraction of sp³-hybridized carbons (Fsp3) is 0.263. The van der Waals surface area contributed by atoms with Gasteiger partial charge in [0.15, 0.2) is 0 Å². The molecule has 0 radical (unpaired) electrons. The maximum Gasteiger partial charge on any atom is 0.131 e. The van der Waals surface area contributed by atoms with E-state index in [4.69, 9.17) is 4.74 Å². The van der Waals surface area contributed by atoms with Crippen LogP contribution in [0.15, 0.2) is 66.7 Å². The van der Waals surface area contributed by atoms with Crippen LogP contribution in [0.1, 0.15) is 24.2 Å². The molecule has 108 valence electrons. The predicted molar refractivity (Wildman–Crippen MR) is 86.8 cm³/mol.